The van der Waals surface area contributed by atoms with Crippen LogP contribution in [0.15, 0.2) is 36.1 Å². The number of carbonyl (C=O) groups is 1. The van der Waals surface area contributed by atoms with E-state index in [-0.39, 0.29) is 10.6 Å². The third kappa shape index (κ3) is 5.02. The molecule has 0 spiro atoms. The molecule has 0 bridgehead atoms. The van der Waals surface area contributed by atoms with Gasteiger partial charge in [-0.3, -0.25) is 9.00 Å². The van der Waals surface area contributed by atoms with Gasteiger partial charge in [0, 0.05) is 17.9 Å². The third-order valence-electron chi connectivity index (χ3n) is 3.00. The first kappa shape index (κ1) is 18.5. The van der Waals surface area contributed by atoms with Crippen LogP contribution in [0.2, 0.25) is 0 Å². The highest BCUT2D eigenvalue weighted by Gasteiger charge is 2.31. The highest BCUT2D eigenvalue weighted by molar-refractivity contribution is 8.02. The molecule has 122 valence electrons. The topological polar surface area (TPSA) is 43.4 Å². The quantitative estimate of drug-likeness (QED) is 0.474. The highest BCUT2D eigenvalue weighted by Crippen LogP contribution is 2.21. The summed E-state index contributed by atoms with van der Waals surface area (Å²) in [7, 11) is -2.46. The molecule has 0 radical (unpaired) electrons. The molecule has 0 saturated heterocycles. The Morgan fingerprint density at radius 2 is 1.73 bits per heavy atom. The van der Waals surface area contributed by atoms with Crippen molar-refractivity contribution in [3.63, 3.8) is 0 Å². The molecule has 4 heteroatoms. The summed E-state index contributed by atoms with van der Waals surface area (Å²) in [5.41, 5.74) is 0.297. The van der Waals surface area contributed by atoms with Crippen LogP contribution in [-0.4, -0.2) is 34.0 Å². The highest BCUT2D eigenvalue weighted by atomic mass is 32.2. The van der Waals surface area contributed by atoms with Crippen LogP contribution in [0, 0.1) is 5.41 Å². The van der Waals surface area contributed by atoms with Gasteiger partial charge in [-0.15, -0.1) is 0 Å². The summed E-state index contributed by atoms with van der Waals surface area (Å²) in [6.07, 6.45) is 4.96. The minimum Gasteiger partial charge on any atom is -0.492 e. The van der Waals surface area contributed by atoms with Crippen molar-refractivity contribution >= 4 is 26.2 Å². The fourth-order valence-electron chi connectivity index (χ4n) is 1.95. The Labute approximate surface area is 134 Å². The van der Waals surface area contributed by atoms with Crippen LogP contribution >= 0.6 is 0 Å². The summed E-state index contributed by atoms with van der Waals surface area (Å²) in [4.78, 5) is 13.1. The number of benzene rings is 1. The van der Waals surface area contributed by atoms with Crippen LogP contribution in [0.25, 0.3) is 6.08 Å². The molecule has 0 aromatic heterocycles. The second-order valence-corrected chi connectivity index (χ2v) is 9.37. The number of allylic oxidation sites excluding steroid dienone is 1. The fourth-order valence-corrected chi connectivity index (χ4v) is 3.30. The van der Waals surface area contributed by atoms with Crippen molar-refractivity contribution in [2.24, 2.45) is 5.41 Å². The lowest BCUT2D eigenvalue weighted by Crippen LogP contribution is -2.34. The molecule has 0 N–H and O–H groups in total. The predicted octanol–water partition coefficient (Wildman–Crippen LogP) is 3.40. The van der Waals surface area contributed by atoms with Gasteiger partial charge in [-0.2, -0.15) is 0 Å². The molecule has 0 aliphatic heterocycles. The zero-order valence-electron chi connectivity index (χ0n) is 14.3. The molecule has 22 heavy (non-hydrogen) atoms. The van der Waals surface area contributed by atoms with Gasteiger partial charge >= 0.3 is 0 Å². The van der Waals surface area contributed by atoms with Gasteiger partial charge in [-0.25, -0.2) is 0 Å². The monoisotopic (exact) mass is 322 g/mol. The van der Waals surface area contributed by atoms with Crippen LogP contribution in [0.4, 0.5) is 0 Å². The largest absolute Gasteiger partial charge is 0.492 e. The summed E-state index contributed by atoms with van der Waals surface area (Å²) in [5.74, 6) is 0.266. The minimum absolute atomic E-state index is 0.141. The molecule has 1 rings (SSSR count). The molecule has 1 aromatic carbocycles. The van der Waals surface area contributed by atoms with Crippen LogP contribution < -0.4 is 0 Å². The van der Waals surface area contributed by atoms with Crippen molar-refractivity contribution in [3.8, 4) is 0 Å². The second kappa shape index (κ2) is 7.14. The standard InChI is InChI=1S/C18H26O3S/c1-7-21-15(13-14-11-9-8-10-12-14)16(22(5,6)20)17(19)18(2,3)4/h8-13H,7H2,1-6H3/b15-13+. The summed E-state index contributed by atoms with van der Waals surface area (Å²) in [5, 5.41) is 0. The Morgan fingerprint density at radius 1 is 1.18 bits per heavy atom. The number of hydrogen-bond donors (Lipinski definition) is 0. The van der Waals surface area contributed by atoms with E-state index >= 15 is 0 Å². The minimum atomic E-state index is -2.46. The second-order valence-electron chi connectivity index (χ2n) is 6.49. The average Bonchev–Trinajstić information content (AvgIpc) is 2.37. The van der Waals surface area contributed by atoms with E-state index in [0.29, 0.717) is 12.4 Å². The molecule has 0 amide bonds. The Balaban J connectivity index is 3.53. The SMILES string of the molecule is CCO/C(=C/c1ccccc1)C(C(=O)C(C)(C)C)=S(C)(C)=O. The van der Waals surface area contributed by atoms with E-state index in [1.54, 1.807) is 18.6 Å². The fraction of sp³-hybridized carbons (Fsp3) is 0.444. The lowest BCUT2D eigenvalue weighted by molar-refractivity contribution is -0.119. The predicted molar refractivity (Wildman–Crippen MR) is 95.5 cm³/mol. The number of Topliss-reactive ketones (excluding diaryl/α,β-unsaturated/α-hetero) is 1. The number of ether oxygens (including phenoxy) is 1. The smallest absolute Gasteiger partial charge is 0.179 e. The summed E-state index contributed by atoms with van der Waals surface area (Å²) in [6.45, 7) is 7.74. The van der Waals surface area contributed by atoms with Gasteiger partial charge in [0.15, 0.2) is 5.78 Å². The van der Waals surface area contributed by atoms with Gasteiger partial charge < -0.3 is 4.74 Å². The maximum absolute atomic E-state index is 12.8. The first-order chi connectivity index (χ1) is 10.1. The molecule has 3 nitrogen and oxygen atoms in total. The summed E-state index contributed by atoms with van der Waals surface area (Å²) >= 11 is 0. The molecular formula is C18H26O3S. The molecule has 0 atom stereocenters. The van der Waals surface area contributed by atoms with Gasteiger partial charge in [0.05, 0.1) is 6.61 Å². The third-order valence-corrected chi connectivity index (χ3v) is 4.37. The Hall–Kier alpha value is -1.55. The maximum Gasteiger partial charge on any atom is 0.179 e. The van der Waals surface area contributed by atoms with Crippen molar-refractivity contribution < 1.29 is 13.7 Å². The van der Waals surface area contributed by atoms with E-state index in [1.807, 2.05) is 58.0 Å². The summed E-state index contributed by atoms with van der Waals surface area (Å²) in [6, 6.07) is 9.59. The van der Waals surface area contributed by atoms with Crippen molar-refractivity contribution in [3.05, 3.63) is 41.7 Å². The van der Waals surface area contributed by atoms with Crippen LogP contribution in [-0.2, 0) is 19.1 Å². The van der Waals surface area contributed by atoms with Crippen molar-refractivity contribution in [2.45, 2.75) is 27.7 Å². The van der Waals surface area contributed by atoms with Crippen LogP contribution in [0.3, 0.4) is 0 Å². The molecule has 0 heterocycles. The van der Waals surface area contributed by atoms with Crippen molar-refractivity contribution in [2.75, 3.05) is 19.1 Å². The Kier molecular flexibility index (Phi) is 6.00. The van der Waals surface area contributed by atoms with Crippen molar-refractivity contribution in [1.82, 2.24) is 0 Å². The number of carbonyl (C=O) groups excluding carboxylic acids is 1. The number of ketones is 1. The van der Waals surface area contributed by atoms with E-state index in [1.165, 1.54) is 0 Å². The van der Waals surface area contributed by atoms with Gasteiger partial charge in [-0.05, 0) is 28.1 Å². The zero-order chi connectivity index (χ0) is 17.0. The van der Waals surface area contributed by atoms with Gasteiger partial charge in [-0.1, -0.05) is 51.1 Å². The summed E-state index contributed by atoms with van der Waals surface area (Å²) < 4.78 is 18.4. The lowest BCUT2D eigenvalue weighted by atomic mass is 9.88. The zero-order valence-corrected chi connectivity index (χ0v) is 15.1. The Bertz CT molecular complexity index is 662. The van der Waals surface area contributed by atoms with Gasteiger partial charge in [0.25, 0.3) is 0 Å². The molecule has 0 fully saturated rings. The average molecular weight is 322 g/mol. The van der Waals surface area contributed by atoms with Crippen molar-refractivity contribution in [1.29, 1.82) is 0 Å². The molecule has 0 aliphatic rings. The van der Waals surface area contributed by atoms with Crippen LogP contribution in [0.5, 0.6) is 0 Å². The van der Waals surface area contributed by atoms with E-state index in [0.717, 1.165) is 5.56 Å². The van der Waals surface area contributed by atoms with Gasteiger partial charge in [0.2, 0.25) is 0 Å². The first-order valence-corrected chi connectivity index (χ1v) is 9.70. The number of rotatable bonds is 5. The van der Waals surface area contributed by atoms with Crippen LogP contribution in [0.1, 0.15) is 33.3 Å². The molecular weight excluding hydrogens is 296 g/mol. The molecule has 0 aliphatic carbocycles. The first-order valence-electron chi connectivity index (χ1n) is 7.33. The molecule has 0 saturated carbocycles. The maximum atomic E-state index is 12.8. The number of hydrogen-bond acceptors (Lipinski definition) is 3. The van der Waals surface area contributed by atoms with Gasteiger partial charge in [0.1, 0.15) is 10.6 Å². The van der Waals surface area contributed by atoms with E-state index in [2.05, 4.69) is 0 Å². The van der Waals surface area contributed by atoms with E-state index < -0.39 is 14.9 Å². The molecule has 0 unspecified atom stereocenters. The van der Waals surface area contributed by atoms with E-state index in [4.69, 9.17) is 4.74 Å². The normalized spacial score (nSPS) is 12.9. The molecule has 1 aromatic rings. The Morgan fingerprint density at radius 3 is 2.14 bits per heavy atom. The van der Waals surface area contributed by atoms with E-state index in [9.17, 15) is 9.00 Å². The lowest BCUT2D eigenvalue weighted by Gasteiger charge is -2.22.